The predicted octanol–water partition coefficient (Wildman–Crippen LogP) is -2.35. The minimum Gasteiger partial charge on any atom is -0.361 e. The van der Waals surface area contributed by atoms with Crippen LogP contribution in [0.5, 0.6) is 0 Å². The predicted molar refractivity (Wildman–Crippen MR) is 133 cm³/mol. The van der Waals surface area contributed by atoms with E-state index in [1.165, 1.54) is 16.8 Å². The van der Waals surface area contributed by atoms with E-state index in [2.05, 4.69) is 21.3 Å². The van der Waals surface area contributed by atoms with Gasteiger partial charge >= 0.3 is 6.03 Å². The van der Waals surface area contributed by atoms with E-state index < -0.39 is 47.4 Å². The molecular weight excluding hydrogens is 494 g/mol. The molecule has 14 heteroatoms. The van der Waals surface area contributed by atoms with Crippen LogP contribution < -0.4 is 21.3 Å². The number of hydrogen-bond acceptors (Lipinski definition) is 7. The highest BCUT2D eigenvalue weighted by molar-refractivity contribution is 6.02. The Labute approximate surface area is 218 Å². The van der Waals surface area contributed by atoms with Crippen LogP contribution in [0, 0.1) is 10.8 Å². The van der Waals surface area contributed by atoms with Gasteiger partial charge in [-0.05, 0) is 42.9 Å². The number of benzene rings is 1. The molecule has 4 saturated heterocycles. The number of amides is 4. The Bertz CT molecular complexity index is 1270. The van der Waals surface area contributed by atoms with Crippen LogP contribution >= 0.6 is 0 Å². The fraction of sp³-hybridized carbons (Fsp3) is 0.542. The number of carbonyl (C=O) groups is 3. The molecule has 0 bridgehead atoms. The zero-order valence-corrected chi connectivity index (χ0v) is 20.9. The highest BCUT2D eigenvalue weighted by atomic mass is 16.5. The van der Waals surface area contributed by atoms with Crippen molar-refractivity contribution in [3.05, 3.63) is 34.9 Å². The maximum Gasteiger partial charge on any atom is 0.327 e. The Morgan fingerprint density at radius 1 is 1.18 bits per heavy atom. The number of likely N-dealkylation sites (N-methyl/N-ethyl adjacent to an activating group) is 1. The topological polar surface area (TPSA) is 197 Å². The van der Waals surface area contributed by atoms with Crippen LogP contribution in [0.2, 0.25) is 0 Å². The average molecular weight is 526 g/mol. The number of guanidine groups is 2. The quantitative estimate of drug-likeness (QED) is 0.157. The van der Waals surface area contributed by atoms with Gasteiger partial charge in [-0.25, -0.2) is 4.79 Å². The van der Waals surface area contributed by atoms with Crippen molar-refractivity contribution in [1.29, 1.82) is 10.8 Å². The molecule has 5 aliphatic rings. The van der Waals surface area contributed by atoms with Gasteiger partial charge in [0.25, 0.3) is 5.91 Å². The minimum absolute atomic E-state index is 0.0757. The number of aryl methyl sites for hydroxylation is 1. The summed E-state index contributed by atoms with van der Waals surface area (Å²) in [4.78, 5) is 42.0. The van der Waals surface area contributed by atoms with E-state index in [0.29, 0.717) is 5.56 Å². The third kappa shape index (κ3) is 3.29. The molecule has 0 aromatic heterocycles. The third-order valence-corrected chi connectivity index (χ3v) is 8.45. The molecule has 4 aliphatic heterocycles. The van der Waals surface area contributed by atoms with E-state index in [0.717, 1.165) is 41.7 Å². The highest BCUT2D eigenvalue weighted by Crippen LogP contribution is 2.43. The van der Waals surface area contributed by atoms with Gasteiger partial charge in [0.15, 0.2) is 17.6 Å². The molecule has 6 rings (SSSR count). The summed E-state index contributed by atoms with van der Waals surface area (Å²) < 4.78 is 0. The Morgan fingerprint density at radius 2 is 1.95 bits per heavy atom. The molecular formula is C24H31N9O5. The molecule has 4 fully saturated rings. The number of nitrogens with one attached hydrogen (secondary N) is 6. The average Bonchev–Trinajstić information content (AvgIpc) is 3.44. The molecule has 4 atom stereocenters. The van der Waals surface area contributed by atoms with Gasteiger partial charge in [-0.1, -0.05) is 12.1 Å². The van der Waals surface area contributed by atoms with Crippen molar-refractivity contribution in [3.8, 4) is 0 Å². The molecule has 1 unspecified atom stereocenters. The lowest BCUT2D eigenvalue weighted by atomic mass is 9.84. The molecule has 1 aromatic rings. The molecule has 0 saturated carbocycles. The molecule has 4 amide bonds. The van der Waals surface area contributed by atoms with Crippen LogP contribution in [0.1, 0.15) is 34.3 Å². The SMILES string of the molecule is CN1CC(=O)N(C[C@@H]2NC(=N)N3CC(NC(=O)c4cccc5c4CCCC5)C(O)(O)[C@@]34NC(=N)N[C@@H]24)C1=O. The Hall–Kier alpha value is -3.91. The van der Waals surface area contributed by atoms with Crippen molar-refractivity contribution in [2.45, 2.75) is 55.3 Å². The Kier molecular flexibility index (Phi) is 5.33. The maximum atomic E-state index is 13.4. The van der Waals surface area contributed by atoms with Crippen molar-refractivity contribution in [1.82, 2.24) is 36.0 Å². The van der Waals surface area contributed by atoms with E-state index in [-0.39, 0.29) is 31.6 Å². The smallest absolute Gasteiger partial charge is 0.327 e. The molecule has 8 N–H and O–H groups in total. The number of nitrogens with zero attached hydrogens (tertiary/aromatic N) is 3. The first kappa shape index (κ1) is 24.4. The fourth-order valence-electron chi connectivity index (χ4n) is 6.61. The lowest BCUT2D eigenvalue weighted by Crippen LogP contribution is -2.81. The summed E-state index contributed by atoms with van der Waals surface area (Å²) in [6.07, 6.45) is 3.69. The first-order valence-electron chi connectivity index (χ1n) is 12.7. The second-order valence-corrected chi connectivity index (χ2v) is 10.6. The van der Waals surface area contributed by atoms with Gasteiger partial charge in [-0.2, -0.15) is 0 Å². The monoisotopic (exact) mass is 525 g/mol. The summed E-state index contributed by atoms with van der Waals surface area (Å²) >= 11 is 0. The van der Waals surface area contributed by atoms with Crippen LogP contribution in [0.4, 0.5) is 4.79 Å². The van der Waals surface area contributed by atoms with E-state index >= 15 is 0 Å². The standard InChI is InChI=1S/C24H31N9O5/c1-31-11-17(34)32(22(31)36)9-15-18-23(30-20(25)29-18)24(37,38)16(10-33(23)21(26)27-15)28-19(35)14-8-4-6-12-5-2-3-7-13(12)14/h4,6,8,15-16,18,37-38H,2-3,5,7,9-11H2,1H3,(H2,26,27)(H,28,35)(H3,25,29,30)/t15-,16?,18-,23-/m0/s1. The summed E-state index contributed by atoms with van der Waals surface area (Å²) in [6, 6.07) is 2.06. The summed E-state index contributed by atoms with van der Waals surface area (Å²) in [5, 5.41) is 51.6. The van der Waals surface area contributed by atoms with Crippen molar-refractivity contribution in [2.24, 2.45) is 0 Å². The van der Waals surface area contributed by atoms with Crippen LogP contribution in [-0.4, -0.2) is 111 Å². The third-order valence-electron chi connectivity index (χ3n) is 8.45. The molecule has 1 aromatic carbocycles. The Balaban J connectivity index is 1.30. The summed E-state index contributed by atoms with van der Waals surface area (Å²) in [5.41, 5.74) is 0.754. The van der Waals surface area contributed by atoms with Crippen molar-refractivity contribution < 1.29 is 24.6 Å². The molecule has 0 radical (unpaired) electrons. The minimum atomic E-state index is -2.64. The van der Waals surface area contributed by atoms with E-state index in [4.69, 9.17) is 10.8 Å². The van der Waals surface area contributed by atoms with Crippen molar-refractivity contribution in [3.63, 3.8) is 0 Å². The number of urea groups is 1. The van der Waals surface area contributed by atoms with Gasteiger partial charge in [0.1, 0.15) is 12.6 Å². The zero-order valence-electron chi connectivity index (χ0n) is 20.9. The lowest BCUT2D eigenvalue weighted by Gasteiger charge is -2.51. The molecule has 202 valence electrons. The van der Waals surface area contributed by atoms with Crippen LogP contribution in [0.3, 0.4) is 0 Å². The zero-order chi connectivity index (χ0) is 27.0. The summed E-state index contributed by atoms with van der Waals surface area (Å²) in [6.45, 7) is -0.362. The fourth-order valence-corrected chi connectivity index (χ4v) is 6.61. The van der Waals surface area contributed by atoms with E-state index in [1.54, 1.807) is 6.07 Å². The van der Waals surface area contributed by atoms with Crippen molar-refractivity contribution >= 4 is 29.8 Å². The van der Waals surface area contributed by atoms with Crippen molar-refractivity contribution in [2.75, 3.05) is 26.7 Å². The van der Waals surface area contributed by atoms with Gasteiger partial charge in [0.05, 0.1) is 18.6 Å². The van der Waals surface area contributed by atoms with Crippen LogP contribution in [0.25, 0.3) is 0 Å². The normalized spacial score (nSPS) is 31.3. The molecule has 1 aliphatic carbocycles. The largest absolute Gasteiger partial charge is 0.361 e. The first-order valence-corrected chi connectivity index (χ1v) is 12.7. The van der Waals surface area contributed by atoms with Crippen LogP contribution in [-0.2, 0) is 17.6 Å². The second kappa shape index (κ2) is 8.30. The number of aliphatic hydroxyl groups is 2. The molecule has 1 spiro atoms. The van der Waals surface area contributed by atoms with Gasteiger partial charge in [-0.3, -0.25) is 25.3 Å². The number of hydrogen-bond donors (Lipinski definition) is 8. The second-order valence-electron chi connectivity index (χ2n) is 10.6. The van der Waals surface area contributed by atoms with E-state index in [1.807, 2.05) is 12.1 Å². The summed E-state index contributed by atoms with van der Waals surface area (Å²) in [7, 11) is 1.51. The number of rotatable bonds is 4. The molecule has 38 heavy (non-hydrogen) atoms. The number of imide groups is 1. The molecule has 4 heterocycles. The lowest BCUT2D eigenvalue weighted by molar-refractivity contribution is -0.232. The maximum absolute atomic E-state index is 13.4. The van der Waals surface area contributed by atoms with Gasteiger partial charge < -0.3 is 41.3 Å². The Morgan fingerprint density at radius 3 is 2.68 bits per heavy atom. The van der Waals surface area contributed by atoms with Crippen LogP contribution in [0.15, 0.2) is 18.2 Å². The van der Waals surface area contributed by atoms with Gasteiger partial charge in [-0.15, -0.1) is 0 Å². The number of carbonyl (C=O) groups excluding carboxylic acids is 3. The van der Waals surface area contributed by atoms with Gasteiger partial charge in [0, 0.05) is 19.2 Å². The van der Waals surface area contributed by atoms with E-state index in [9.17, 15) is 24.6 Å². The summed E-state index contributed by atoms with van der Waals surface area (Å²) in [5.74, 6) is -3.90. The first-order chi connectivity index (χ1) is 18.0. The highest BCUT2D eigenvalue weighted by Gasteiger charge is 2.74. The number of fused-ring (bicyclic) bond motifs is 1. The van der Waals surface area contributed by atoms with Gasteiger partial charge in [0.2, 0.25) is 11.7 Å². The molecule has 14 nitrogen and oxygen atoms in total.